The highest BCUT2D eigenvalue weighted by Crippen LogP contribution is 2.24. The molecule has 1 rings (SSSR count). The summed E-state index contributed by atoms with van der Waals surface area (Å²) in [5.74, 6) is 0. The van der Waals surface area contributed by atoms with Crippen molar-refractivity contribution in [2.24, 2.45) is 5.41 Å². The summed E-state index contributed by atoms with van der Waals surface area (Å²) in [7, 11) is 10.0. The Balaban J connectivity index is 0.000000187. The quantitative estimate of drug-likeness (QED) is 0.404. The first-order valence-electron chi connectivity index (χ1n) is 2.95. The summed E-state index contributed by atoms with van der Waals surface area (Å²) in [5.41, 5.74) is 0.500. The van der Waals surface area contributed by atoms with E-state index in [-0.39, 0.29) is 0 Å². The highest BCUT2D eigenvalue weighted by molar-refractivity contribution is 7.17. The SMILES string of the molecule is CC1(C)COC1.[B][B][B]. The van der Waals surface area contributed by atoms with E-state index in [0.29, 0.717) is 5.41 Å². The molecule has 1 aliphatic heterocycles. The molecule has 0 bridgehead atoms. The first-order chi connectivity index (χ1) is 4.12. The first-order valence-corrected chi connectivity index (χ1v) is 2.95. The minimum atomic E-state index is 0.500. The fourth-order valence-electron chi connectivity index (χ4n) is 0.510. The maximum Gasteiger partial charge on any atom is 0.0539 e. The average Bonchev–Trinajstić information content (AvgIpc) is 1.65. The van der Waals surface area contributed by atoms with E-state index >= 15 is 0 Å². The van der Waals surface area contributed by atoms with Gasteiger partial charge in [0.15, 0.2) is 0 Å². The lowest BCUT2D eigenvalue weighted by Gasteiger charge is -2.33. The molecule has 1 aliphatic rings. The maximum atomic E-state index is 4.94. The van der Waals surface area contributed by atoms with Gasteiger partial charge >= 0.3 is 0 Å². The third-order valence-electron chi connectivity index (χ3n) is 0.986. The summed E-state index contributed by atoms with van der Waals surface area (Å²) in [4.78, 5) is 0. The molecular formula is C5H10B3O. The third-order valence-corrected chi connectivity index (χ3v) is 0.986. The predicted molar refractivity (Wildman–Crippen MR) is 41.9 cm³/mol. The van der Waals surface area contributed by atoms with E-state index in [0.717, 1.165) is 20.3 Å². The molecule has 45 valence electrons. The molecule has 0 atom stereocenters. The minimum Gasteiger partial charge on any atom is -0.380 e. The van der Waals surface area contributed by atoms with Gasteiger partial charge in [-0.3, -0.25) is 0 Å². The zero-order valence-corrected chi connectivity index (χ0v) is 6.05. The summed E-state index contributed by atoms with van der Waals surface area (Å²) in [6.45, 7) is 6.31. The van der Waals surface area contributed by atoms with Crippen LogP contribution < -0.4 is 0 Å². The van der Waals surface area contributed by atoms with Crippen LogP contribution in [0.5, 0.6) is 0 Å². The van der Waals surface area contributed by atoms with E-state index in [2.05, 4.69) is 29.3 Å². The van der Waals surface area contributed by atoms with Crippen molar-refractivity contribution < 1.29 is 4.74 Å². The number of rotatable bonds is 0. The summed E-state index contributed by atoms with van der Waals surface area (Å²) < 4.78 is 4.94. The molecule has 0 aromatic heterocycles. The van der Waals surface area contributed by atoms with Crippen LogP contribution in [0.3, 0.4) is 0 Å². The van der Waals surface area contributed by atoms with Crippen molar-refractivity contribution in [1.29, 1.82) is 0 Å². The van der Waals surface area contributed by atoms with Gasteiger partial charge in [-0.05, 0) is 0 Å². The van der Waals surface area contributed by atoms with Crippen LogP contribution in [0.15, 0.2) is 0 Å². The molecule has 0 unspecified atom stereocenters. The van der Waals surface area contributed by atoms with Crippen LogP contribution in [-0.4, -0.2) is 35.7 Å². The lowest BCUT2D eigenvalue weighted by atomic mass is 9.40. The van der Waals surface area contributed by atoms with E-state index in [4.69, 9.17) is 4.74 Å². The molecule has 4 heteroatoms. The molecule has 0 saturated carbocycles. The van der Waals surface area contributed by atoms with Gasteiger partial charge in [-0.2, -0.15) is 0 Å². The van der Waals surface area contributed by atoms with E-state index in [1.54, 1.807) is 0 Å². The van der Waals surface area contributed by atoms with Crippen molar-refractivity contribution in [3.05, 3.63) is 0 Å². The van der Waals surface area contributed by atoms with Crippen molar-refractivity contribution in [2.75, 3.05) is 13.2 Å². The Morgan fingerprint density at radius 2 is 1.56 bits per heavy atom. The standard InChI is InChI=1S/C5H10O.B3/c1-5(2)3-6-4-5;1-3-2/h3-4H2,1-2H3;. The largest absolute Gasteiger partial charge is 0.380 e. The van der Waals surface area contributed by atoms with E-state index in [1.165, 1.54) is 0 Å². The molecule has 0 aromatic rings. The second-order valence-corrected chi connectivity index (χ2v) is 2.85. The zero-order chi connectivity index (χ0) is 7.33. The molecule has 0 amide bonds. The summed E-state index contributed by atoms with van der Waals surface area (Å²) in [5, 5.41) is 0. The topological polar surface area (TPSA) is 9.23 Å². The lowest BCUT2D eigenvalue weighted by Crippen LogP contribution is -2.36. The molecule has 0 N–H and O–H groups in total. The smallest absolute Gasteiger partial charge is 0.0539 e. The second kappa shape index (κ2) is 4.05. The Bertz CT molecular complexity index is 68.6. The van der Waals surface area contributed by atoms with Crippen LogP contribution in [0.2, 0.25) is 0 Å². The molecule has 0 aliphatic carbocycles. The highest BCUT2D eigenvalue weighted by Gasteiger charge is 2.26. The van der Waals surface area contributed by atoms with Crippen LogP contribution in [0.25, 0.3) is 0 Å². The number of ether oxygens (including phenoxy) is 1. The monoisotopic (exact) mass is 119 g/mol. The van der Waals surface area contributed by atoms with Crippen LogP contribution in [0, 0.1) is 5.41 Å². The van der Waals surface area contributed by atoms with Gasteiger partial charge in [-0.1, -0.05) is 13.8 Å². The summed E-state index contributed by atoms with van der Waals surface area (Å²) >= 11 is 0. The van der Waals surface area contributed by atoms with Crippen molar-refractivity contribution in [3.8, 4) is 0 Å². The van der Waals surface area contributed by atoms with Crippen LogP contribution in [0.4, 0.5) is 0 Å². The van der Waals surface area contributed by atoms with Gasteiger partial charge in [0, 0.05) is 28.0 Å². The molecular weight excluding hydrogens is 108 g/mol. The van der Waals surface area contributed by atoms with Gasteiger partial charge in [0.2, 0.25) is 0 Å². The Morgan fingerprint density at radius 1 is 1.33 bits per heavy atom. The predicted octanol–water partition coefficient (Wildman–Crippen LogP) is -0.0996. The molecule has 1 saturated heterocycles. The van der Waals surface area contributed by atoms with Gasteiger partial charge in [0.05, 0.1) is 13.2 Å². The van der Waals surface area contributed by atoms with Gasteiger partial charge in [0.25, 0.3) is 0 Å². The Labute approximate surface area is 60.6 Å². The molecule has 1 nitrogen and oxygen atoms in total. The Hall–Kier alpha value is 0.155. The van der Waals surface area contributed by atoms with Crippen molar-refractivity contribution in [3.63, 3.8) is 0 Å². The number of hydrogen-bond acceptors (Lipinski definition) is 1. The minimum absolute atomic E-state index is 0.500. The fraction of sp³-hybridized carbons (Fsp3) is 1.00. The van der Waals surface area contributed by atoms with Gasteiger partial charge in [0.1, 0.15) is 0 Å². The zero-order valence-electron chi connectivity index (χ0n) is 6.05. The molecule has 9 heavy (non-hydrogen) atoms. The average molecular weight is 119 g/mol. The maximum absolute atomic E-state index is 4.94. The Kier molecular flexibility index (Phi) is 4.12. The third kappa shape index (κ3) is 4.65. The van der Waals surface area contributed by atoms with Gasteiger partial charge in [-0.15, -0.1) is 0 Å². The van der Waals surface area contributed by atoms with Gasteiger partial charge in [-0.25, -0.2) is 0 Å². The molecule has 1 fully saturated rings. The number of hydrogen-bond donors (Lipinski definition) is 0. The molecule has 0 spiro atoms. The van der Waals surface area contributed by atoms with E-state index in [1.807, 2.05) is 0 Å². The Morgan fingerprint density at radius 3 is 1.56 bits per heavy atom. The summed E-state index contributed by atoms with van der Waals surface area (Å²) in [6.07, 6.45) is 0. The van der Waals surface area contributed by atoms with Crippen LogP contribution >= 0.6 is 0 Å². The van der Waals surface area contributed by atoms with Crippen LogP contribution in [0.1, 0.15) is 13.8 Å². The van der Waals surface area contributed by atoms with Crippen molar-refractivity contribution >= 4 is 22.5 Å². The lowest BCUT2D eigenvalue weighted by molar-refractivity contribution is -0.0892. The van der Waals surface area contributed by atoms with Crippen LogP contribution in [-0.2, 0) is 4.74 Å². The molecule has 1 heterocycles. The van der Waals surface area contributed by atoms with Crippen molar-refractivity contribution in [2.45, 2.75) is 13.8 Å². The highest BCUT2D eigenvalue weighted by atomic mass is 16.5. The van der Waals surface area contributed by atoms with E-state index in [9.17, 15) is 0 Å². The molecule has 5 radical (unpaired) electrons. The fourth-order valence-corrected chi connectivity index (χ4v) is 0.510. The second-order valence-electron chi connectivity index (χ2n) is 2.85. The van der Waals surface area contributed by atoms with Crippen molar-refractivity contribution in [1.82, 2.24) is 0 Å². The first kappa shape index (κ1) is 9.15. The molecule has 0 aromatic carbocycles. The normalized spacial score (nSPS) is 20.7. The summed E-state index contributed by atoms with van der Waals surface area (Å²) in [6, 6.07) is 0. The van der Waals surface area contributed by atoms with Gasteiger partial charge < -0.3 is 4.74 Å². The van der Waals surface area contributed by atoms with E-state index < -0.39 is 0 Å².